The van der Waals surface area contributed by atoms with Crippen LogP contribution in [0.2, 0.25) is 0 Å². The lowest BCUT2D eigenvalue weighted by Crippen LogP contribution is -2.09. The zero-order valence-corrected chi connectivity index (χ0v) is 8.72. The summed E-state index contributed by atoms with van der Waals surface area (Å²) >= 11 is 0. The van der Waals surface area contributed by atoms with Crippen LogP contribution in [0.15, 0.2) is 12.1 Å². The molecule has 0 aliphatic carbocycles. The molecule has 6 nitrogen and oxygen atoms in total. The molecule has 0 radical (unpaired) electrons. The quantitative estimate of drug-likeness (QED) is 0.461. The first-order chi connectivity index (χ1) is 7.95. The van der Waals surface area contributed by atoms with Crippen molar-refractivity contribution in [2.75, 3.05) is 6.61 Å². The molecule has 17 heavy (non-hydrogen) atoms. The summed E-state index contributed by atoms with van der Waals surface area (Å²) in [5.74, 6) is -1.79. The molecule has 0 atom stereocenters. The van der Waals surface area contributed by atoms with Crippen molar-refractivity contribution < 1.29 is 23.2 Å². The van der Waals surface area contributed by atoms with Crippen molar-refractivity contribution >= 4 is 11.8 Å². The van der Waals surface area contributed by atoms with Gasteiger partial charge < -0.3 is 14.9 Å². The third-order valence-electron chi connectivity index (χ3n) is 1.76. The largest absolute Gasteiger partial charge is 0.460 e. The number of nitro groups is 1. The topological polar surface area (TPSA) is 82.3 Å². The van der Waals surface area contributed by atoms with Gasteiger partial charge in [-0.2, -0.15) is 0 Å². The first-order valence-corrected chi connectivity index (χ1v) is 4.57. The van der Waals surface area contributed by atoms with Crippen molar-refractivity contribution in [3.63, 3.8) is 0 Å². The Balaban J connectivity index is 3.21. The summed E-state index contributed by atoms with van der Waals surface area (Å²) in [7, 11) is 0. The molecule has 8 heteroatoms. The van der Waals surface area contributed by atoms with Crippen LogP contribution in [0.5, 0.6) is 0 Å². The van der Waals surface area contributed by atoms with Crippen LogP contribution in [-0.2, 0) is 4.74 Å². The number of ether oxygens (including phenoxy) is 1. The lowest BCUT2D eigenvalue weighted by molar-refractivity contribution is -0.389. The molecule has 1 heterocycles. The predicted octanol–water partition coefficient (Wildman–Crippen LogP) is 2.10. The Labute approximate surface area is 94.4 Å². The minimum atomic E-state index is -2.93. The molecule has 0 aliphatic heterocycles. The van der Waals surface area contributed by atoms with Crippen molar-refractivity contribution in [1.82, 2.24) is 4.98 Å². The highest BCUT2D eigenvalue weighted by Gasteiger charge is 2.23. The maximum absolute atomic E-state index is 12.4. The molecule has 0 saturated carbocycles. The number of esters is 1. The zero-order chi connectivity index (χ0) is 13.0. The first-order valence-electron chi connectivity index (χ1n) is 4.57. The van der Waals surface area contributed by atoms with E-state index in [0.717, 1.165) is 6.07 Å². The summed E-state index contributed by atoms with van der Waals surface area (Å²) < 4.78 is 29.4. The molecular formula is C9H8F2N2O4. The summed E-state index contributed by atoms with van der Waals surface area (Å²) in [5.41, 5.74) is -1.15. The van der Waals surface area contributed by atoms with E-state index < -0.39 is 34.4 Å². The van der Waals surface area contributed by atoms with Gasteiger partial charge in [-0.3, -0.25) is 0 Å². The Hall–Kier alpha value is -2.12. The molecule has 0 spiro atoms. The normalized spacial score (nSPS) is 10.4. The van der Waals surface area contributed by atoms with Gasteiger partial charge in [0, 0.05) is 17.7 Å². The molecule has 0 saturated heterocycles. The van der Waals surface area contributed by atoms with Gasteiger partial charge in [0.25, 0.3) is 12.1 Å². The van der Waals surface area contributed by atoms with Gasteiger partial charge in [0.2, 0.25) is 0 Å². The Morgan fingerprint density at radius 2 is 2.24 bits per heavy atom. The van der Waals surface area contributed by atoms with Crippen molar-refractivity contribution in [2.45, 2.75) is 13.3 Å². The molecular weight excluding hydrogens is 238 g/mol. The van der Waals surface area contributed by atoms with E-state index >= 15 is 0 Å². The number of carbonyl (C=O) groups excluding carboxylic acids is 1. The number of hydrogen-bond donors (Lipinski definition) is 0. The van der Waals surface area contributed by atoms with Gasteiger partial charge >= 0.3 is 11.8 Å². The minimum absolute atomic E-state index is 0.0210. The van der Waals surface area contributed by atoms with Gasteiger partial charge in [-0.15, -0.1) is 0 Å². The van der Waals surface area contributed by atoms with Crippen LogP contribution in [0.3, 0.4) is 0 Å². The zero-order valence-electron chi connectivity index (χ0n) is 8.72. The molecule has 1 rings (SSSR count). The maximum Gasteiger partial charge on any atom is 0.383 e. The molecule has 0 unspecified atom stereocenters. The second-order valence-corrected chi connectivity index (χ2v) is 2.92. The molecule has 0 bridgehead atoms. The molecule has 92 valence electrons. The average Bonchev–Trinajstić information content (AvgIpc) is 2.28. The highest BCUT2D eigenvalue weighted by Crippen LogP contribution is 2.23. The van der Waals surface area contributed by atoms with Gasteiger partial charge in [-0.05, 0) is 16.8 Å². The molecule has 0 amide bonds. The van der Waals surface area contributed by atoms with Crippen molar-refractivity contribution in [3.8, 4) is 0 Å². The summed E-state index contributed by atoms with van der Waals surface area (Å²) in [5, 5.41) is 10.5. The summed E-state index contributed by atoms with van der Waals surface area (Å²) in [6, 6.07) is 1.39. The predicted molar refractivity (Wildman–Crippen MR) is 51.8 cm³/mol. The van der Waals surface area contributed by atoms with E-state index in [1.54, 1.807) is 0 Å². The summed E-state index contributed by atoms with van der Waals surface area (Å²) in [6.45, 7) is 1.54. The highest BCUT2D eigenvalue weighted by molar-refractivity contribution is 5.87. The fourth-order valence-corrected chi connectivity index (χ4v) is 1.07. The standard InChI is InChI=1S/C9H8F2N2O4/c1-2-17-9(14)6-3-5(8(10)11)4-7(12-6)13(15)16/h3-4,8H,2H2,1H3. The molecule has 0 N–H and O–H groups in total. The highest BCUT2D eigenvalue weighted by atomic mass is 19.3. The first kappa shape index (κ1) is 12.9. The van der Waals surface area contributed by atoms with Crippen LogP contribution >= 0.6 is 0 Å². The van der Waals surface area contributed by atoms with E-state index in [0.29, 0.717) is 6.07 Å². The van der Waals surface area contributed by atoms with E-state index in [1.165, 1.54) is 6.92 Å². The molecule has 1 aromatic rings. The Kier molecular flexibility index (Phi) is 4.02. The average molecular weight is 246 g/mol. The Morgan fingerprint density at radius 3 is 2.71 bits per heavy atom. The maximum atomic E-state index is 12.4. The molecule has 0 aromatic carbocycles. The molecule has 1 aromatic heterocycles. The Morgan fingerprint density at radius 1 is 1.59 bits per heavy atom. The number of hydrogen-bond acceptors (Lipinski definition) is 5. The van der Waals surface area contributed by atoms with E-state index in [9.17, 15) is 23.7 Å². The number of aromatic nitrogens is 1. The van der Waals surface area contributed by atoms with Crippen LogP contribution in [0, 0.1) is 10.1 Å². The Bertz CT molecular complexity index is 451. The van der Waals surface area contributed by atoms with Gasteiger partial charge in [-0.25, -0.2) is 13.6 Å². The van der Waals surface area contributed by atoms with E-state index in [1.807, 2.05) is 0 Å². The molecule has 0 fully saturated rings. The van der Waals surface area contributed by atoms with Crippen LogP contribution < -0.4 is 0 Å². The van der Waals surface area contributed by atoms with Gasteiger partial charge in [0.05, 0.1) is 6.61 Å². The smallest absolute Gasteiger partial charge is 0.383 e. The van der Waals surface area contributed by atoms with Crippen molar-refractivity contribution in [1.29, 1.82) is 0 Å². The van der Waals surface area contributed by atoms with E-state index in [-0.39, 0.29) is 6.61 Å². The second kappa shape index (κ2) is 5.28. The van der Waals surface area contributed by atoms with E-state index in [2.05, 4.69) is 9.72 Å². The third-order valence-corrected chi connectivity index (χ3v) is 1.76. The van der Waals surface area contributed by atoms with Gasteiger partial charge in [0.15, 0.2) is 0 Å². The lowest BCUT2D eigenvalue weighted by Gasteiger charge is -2.02. The monoisotopic (exact) mass is 246 g/mol. The number of carbonyl (C=O) groups is 1. The van der Waals surface area contributed by atoms with Crippen LogP contribution in [-0.4, -0.2) is 22.5 Å². The van der Waals surface area contributed by atoms with E-state index in [4.69, 9.17) is 0 Å². The van der Waals surface area contributed by atoms with Gasteiger partial charge in [0.1, 0.15) is 0 Å². The summed E-state index contributed by atoms with van der Waals surface area (Å²) in [4.78, 5) is 24.1. The van der Waals surface area contributed by atoms with Crippen LogP contribution in [0.4, 0.5) is 14.6 Å². The number of halogens is 2. The number of pyridine rings is 1. The fraction of sp³-hybridized carbons (Fsp3) is 0.333. The lowest BCUT2D eigenvalue weighted by atomic mass is 10.2. The minimum Gasteiger partial charge on any atom is -0.460 e. The van der Waals surface area contributed by atoms with Crippen molar-refractivity contribution in [2.24, 2.45) is 0 Å². The fourth-order valence-electron chi connectivity index (χ4n) is 1.07. The van der Waals surface area contributed by atoms with Crippen LogP contribution in [0.25, 0.3) is 0 Å². The van der Waals surface area contributed by atoms with Crippen LogP contribution in [0.1, 0.15) is 29.4 Å². The van der Waals surface area contributed by atoms with Crippen molar-refractivity contribution in [3.05, 3.63) is 33.5 Å². The number of alkyl halides is 2. The SMILES string of the molecule is CCOC(=O)c1cc(C(F)F)cc([N+](=O)[O-])n1. The summed E-state index contributed by atoms with van der Waals surface area (Å²) in [6.07, 6.45) is -2.93. The third kappa shape index (κ3) is 3.16. The molecule has 0 aliphatic rings. The number of rotatable bonds is 4. The second-order valence-electron chi connectivity index (χ2n) is 2.92. The van der Waals surface area contributed by atoms with Gasteiger partial charge in [-0.1, -0.05) is 0 Å². The number of nitrogens with zero attached hydrogens (tertiary/aromatic N) is 2.